The number of hydrogen-bond donors (Lipinski definition) is 2. The number of carbonyl (C=O) groups excluding carboxylic acids is 2. The highest BCUT2D eigenvalue weighted by Gasteiger charge is 2.25. The molecule has 0 spiro atoms. The number of imide groups is 1. The van der Waals surface area contributed by atoms with Crippen LogP contribution in [-0.2, 0) is 9.59 Å². The summed E-state index contributed by atoms with van der Waals surface area (Å²) < 4.78 is 0. The summed E-state index contributed by atoms with van der Waals surface area (Å²) in [6.07, 6.45) is 1.05. The van der Waals surface area contributed by atoms with E-state index in [1.807, 2.05) is 19.0 Å². The molecule has 1 unspecified atom stereocenters. The Hall–Kier alpha value is -0.940. The molecule has 1 aliphatic heterocycles. The van der Waals surface area contributed by atoms with Gasteiger partial charge in [0.25, 0.3) is 0 Å². The molecule has 1 fully saturated rings. The summed E-state index contributed by atoms with van der Waals surface area (Å²) in [5, 5.41) is 5.43. The van der Waals surface area contributed by atoms with Crippen molar-refractivity contribution in [3.8, 4) is 0 Å². The lowest BCUT2D eigenvalue weighted by atomic mass is 10.1. The molecule has 0 aromatic rings. The fraction of sp³-hybridized carbons (Fsp3) is 0.778. The van der Waals surface area contributed by atoms with Gasteiger partial charge in [-0.05, 0) is 20.5 Å². The molecule has 2 amide bonds. The number of amides is 2. The van der Waals surface area contributed by atoms with E-state index in [4.69, 9.17) is 0 Å². The highest BCUT2D eigenvalue weighted by molar-refractivity contribution is 6.00. The molecule has 0 saturated carbocycles. The molecule has 0 aromatic heterocycles. The van der Waals surface area contributed by atoms with Gasteiger partial charge in [-0.2, -0.15) is 0 Å². The minimum atomic E-state index is -0.201. The van der Waals surface area contributed by atoms with Crippen LogP contribution in [0.15, 0.2) is 0 Å². The minimum Gasteiger partial charge on any atom is -0.308 e. The molecule has 80 valence electrons. The van der Waals surface area contributed by atoms with Gasteiger partial charge in [-0.3, -0.25) is 14.9 Å². The largest absolute Gasteiger partial charge is 0.308 e. The summed E-state index contributed by atoms with van der Waals surface area (Å²) in [4.78, 5) is 24.1. The average Bonchev–Trinajstić information content (AvgIpc) is 2.08. The van der Waals surface area contributed by atoms with E-state index in [-0.39, 0.29) is 17.9 Å². The molecule has 14 heavy (non-hydrogen) atoms. The van der Waals surface area contributed by atoms with Gasteiger partial charge in [0.2, 0.25) is 11.8 Å². The van der Waals surface area contributed by atoms with E-state index in [1.54, 1.807) is 0 Å². The van der Waals surface area contributed by atoms with Gasteiger partial charge in [0.05, 0.1) is 6.04 Å². The van der Waals surface area contributed by atoms with Crippen molar-refractivity contribution >= 4 is 11.8 Å². The molecule has 1 rings (SSSR count). The van der Waals surface area contributed by atoms with Crippen LogP contribution in [0.1, 0.15) is 12.8 Å². The van der Waals surface area contributed by atoms with Crippen LogP contribution in [-0.4, -0.2) is 49.9 Å². The Bertz CT molecular complexity index is 228. The van der Waals surface area contributed by atoms with Crippen LogP contribution >= 0.6 is 0 Å². The van der Waals surface area contributed by atoms with Crippen molar-refractivity contribution in [2.24, 2.45) is 0 Å². The van der Waals surface area contributed by atoms with E-state index in [2.05, 4.69) is 10.6 Å². The number of hydrogen-bond acceptors (Lipinski definition) is 4. The molecular formula is C9H17N3O2. The first-order chi connectivity index (χ1) is 6.59. The molecule has 1 saturated heterocycles. The molecular weight excluding hydrogens is 182 g/mol. The van der Waals surface area contributed by atoms with Crippen LogP contribution in [0.5, 0.6) is 0 Å². The van der Waals surface area contributed by atoms with Gasteiger partial charge in [0, 0.05) is 19.5 Å². The van der Waals surface area contributed by atoms with Crippen molar-refractivity contribution < 1.29 is 9.59 Å². The van der Waals surface area contributed by atoms with Crippen molar-refractivity contribution in [2.45, 2.75) is 18.9 Å². The smallest absolute Gasteiger partial charge is 0.243 e. The summed E-state index contributed by atoms with van der Waals surface area (Å²) >= 11 is 0. The zero-order chi connectivity index (χ0) is 10.6. The van der Waals surface area contributed by atoms with Crippen LogP contribution in [0.3, 0.4) is 0 Å². The van der Waals surface area contributed by atoms with Gasteiger partial charge < -0.3 is 10.2 Å². The van der Waals surface area contributed by atoms with Crippen molar-refractivity contribution in [2.75, 3.05) is 27.2 Å². The van der Waals surface area contributed by atoms with Gasteiger partial charge in [0.1, 0.15) is 0 Å². The quantitative estimate of drug-likeness (QED) is 0.567. The maximum absolute atomic E-state index is 11.3. The fourth-order valence-corrected chi connectivity index (χ4v) is 1.35. The standard InChI is InChI=1S/C9H17N3O2/c1-12(2)6-5-10-7-3-4-8(13)11-9(7)14/h7,10H,3-6H2,1-2H3,(H,11,13,14). The second-order valence-corrected chi connectivity index (χ2v) is 3.76. The average molecular weight is 199 g/mol. The maximum atomic E-state index is 11.3. The number of likely N-dealkylation sites (N-methyl/N-ethyl adjacent to an activating group) is 1. The normalized spacial score (nSPS) is 22.6. The molecule has 0 aliphatic carbocycles. The van der Waals surface area contributed by atoms with Crippen LogP contribution in [0.25, 0.3) is 0 Å². The first-order valence-corrected chi connectivity index (χ1v) is 4.81. The minimum absolute atomic E-state index is 0.166. The maximum Gasteiger partial charge on any atom is 0.243 e. The SMILES string of the molecule is CN(C)CCNC1CCC(=O)NC1=O. The van der Waals surface area contributed by atoms with Crippen molar-refractivity contribution in [3.63, 3.8) is 0 Å². The fourth-order valence-electron chi connectivity index (χ4n) is 1.35. The predicted octanol–water partition coefficient (Wildman–Crippen LogP) is -1.06. The van der Waals surface area contributed by atoms with Crippen molar-refractivity contribution in [3.05, 3.63) is 0 Å². The van der Waals surface area contributed by atoms with Crippen LogP contribution in [0, 0.1) is 0 Å². The predicted molar refractivity (Wildman–Crippen MR) is 52.7 cm³/mol. The Morgan fingerprint density at radius 2 is 2.21 bits per heavy atom. The number of carbonyl (C=O) groups is 2. The summed E-state index contributed by atoms with van der Waals surface area (Å²) in [6.45, 7) is 1.65. The van der Waals surface area contributed by atoms with E-state index in [0.29, 0.717) is 12.8 Å². The molecule has 1 atom stereocenters. The Labute approximate surface area is 83.8 Å². The Kier molecular flexibility index (Phi) is 4.03. The third kappa shape index (κ3) is 3.43. The van der Waals surface area contributed by atoms with Crippen LogP contribution in [0.4, 0.5) is 0 Å². The molecule has 5 nitrogen and oxygen atoms in total. The number of piperidine rings is 1. The van der Waals surface area contributed by atoms with Crippen molar-refractivity contribution in [1.82, 2.24) is 15.5 Å². The van der Waals surface area contributed by atoms with E-state index in [1.165, 1.54) is 0 Å². The van der Waals surface area contributed by atoms with E-state index in [9.17, 15) is 9.59 Å². The Morgan fingerprint density at radius 1 is 1.50 bits per heavy atom. The van der Waals surface area contributed by atoms with Crippen LogP contribution < -0.4 is 10.6 Å². The van der Waals surface area contributed by atoms with Gasteiger partial charge >= 0.3 is 0 Å². The van der Waals surface area contributed by atoms with Gasteiger partial charge in [-0.1, -0.05) is 0 Å². The van der Waals surface area contributed by atoms with Gasteiger partial charge in [-0.15, -0.1) is 0 Å². The number of nitrogens with one attached hydrogen (secondary N) is 2. The van der Waals surface area contributed by atoms with E-state index in [0.717, 1.165) is 13.1 Å². The molecule has 1 aliphatic rings. The number of rotatable bonds is 4. The lowest BCUT2D eigenvalue weighted by molar-refractivity contribution is -0.134. The highest BCUT2D eigenvalue weighted by atomic mass is 16.2. The van der Waals surface area contributed by atoms with Crippen LogP contribution in [0.2, 0.25) is 0 Å². The summed E-state index contributed by atoms with van der Waals surface area (Å²) in [7, 11) is 3.96. The van der Waals surface area contributed by atoms with E-state index >= 15 is 0 Å². The molecule has 5 heteroatoms. The van der Waals surface area contributed by atoms with Gasteiger partial charge in [0.15, 0.2) is 0 Å². The zero-order valence-corrected chi connectivity index (χ0v) is 8.67. The highest BCUT2D eigenvalue weighted by Crippen LogP contribution is 2.03. The lowest BCUT2D eigenvalue weighted by Crippen LogP contribution is -2.51. The summed E-state index contributed by atoms with van der Waals surface area (Å²) in [5.41, 5.74) is 0. The zero-order valence-electron chi connectivity index (χ0n) is 8.67. The second kappa shape index (κ2) is 5.07. The topological polar surface area (TPSA) is 61.4 Å². The molecule has 0 radical (unpaired) electrons. The Balaban J connectivity index is 2.24. The third-order valence-electron chi connectivity index (χ3n) is 2.19. The monoisotopic (exact) mass is 199 g/mol. The number of nitrogens with zero attached hydrogens (tertiary/aromatic N) is 1. The molecule has 0 aromatic carbocycles. The summed E-state index contributed by atoms with van der Waals surface area (Å²) in [5.74, 6) is -0.360. The molecule has 1 heterocycles. The first kappa shape index (κ1) is 11.1. The first-order valence-electron chi connectivity index (χ1n) is 4.81. The molecule has 2 N–H and O–H groups in total. The second-order valence-electron chi connectivity index (χ2n) is 3.76. The Morgan fingerprint density at radius 3 is 2.79 bits per heavy atom. The van der Waals surface area contributed by atoms with E-state index < -0.39 is 0 Å². The lowest BCUT2D eigenvalue weighted by Gasteiger charge is -2.22. The van der Waals surface area contributed by atoms with Crippen molar-refractivity contribution in [1.29, 1.82) is 0 Å². The third-order valence-corrected chi connectivity index (χ3v) is 2.19. The molecule has 0 bridgehead atoms. The summed E-state index contributed by atoms with van der Waals surface area (Å²) in [6, 6.07) is -0.201. The van der Waals surface area contributed by atoms with Gasteiger partial charge in [-0.25, -0.2) is 0 Å².